The number of carbonyl (C=O) groups excluding carboxylic acids is 1. The first-order chi connectivity index (χ1) is 7.81. The van der Waals surface area contributed by atoms with Gasteiger partial charge in [0, 0.05) is 19.5 Å². The molecule has 2 fully saturated rings. The topological polar surface area (TPSA) is 49.8 Å². The fraction of sp³-hybridized carbons (Fsp3) is 0.917. The lowest BCUT2D eigenvalue weighted by atomic mass is 10.0. The summed E-state index contributed by atoms with van der Waals surface area (Å²) in [6.07, 6.45) is 5.13. The van der Waals surface area contributed by atoms with Crippen molar-refractivity contribution in [3.05, 3.63) is 0 Å². The third kappa shape index (κ3) is 2.81. The van der Waals surface area contributed by atoms with E-state index in [-0.39, 0.29) is 18.8 Å². The molecule has 1 N–H and O–H groups in total. The van der Waals surface area contributed by atoms with Crippen molar-refractivity contribution in [3.8, 4) is 0 Å². The maximum Gasteiger partial charge on any atom is 0.149 e. The Hall–Kier alpha value is -0.450. The van der Waals surface area contributed by atoms with E-state index in [0.29, 0.717) is 12.4 Å². The van der Waals surface area contributed by atoms with Crippen molar-refractivity contribution < 1.29 is 14.6 Å². The van der Waals surface area contributed by atoms with Crippen LogP contribution in [0.4, 0.5) is 0 Å². The average molecular weight is 227 g/mol. The van der Waals surface area contributed by atoms with E-state index in [0.717, 1.165) is 45.2 Å². The second-order valence-electron chi connectivity index (χ2n) is 4.70. The number of piperidine rings is 1. The molecule has 2 aliphatic rings. The first-order valence-electron chi connectivity index (χ1n) is 6.30. The summed E-state index contributed by atoms with van der Waals surface area (Å²) in [7, 11) is 0. The Bertz CT molecular complexity index is 236. The van der Waals surface area contributed by atoms with Crippen molar-refractivity contribution in [2.24, 2.45) is 0 Å². The SMILES string of the molecule is O=C1CCCC1N1CCC(OCCO)CC1. The maximum absolute atomic E-state index is 11.6. The third-order valence-corrected chi connectivity index (χ3v) is 3.63. The lowest BCUT2D eigenvalue weighted by Crippen LogP contribution is -2.45. The van der Waals surface area contributed by atoms with Crippen LogP contribution < -0.4 is 0 Å². The van der Waals surface area contributed by atoms with E-state index in [4.69, 9.17) is 9.84 Å². The van der Waals surface area contributed by atoms with Crippen molar-refractivity contribution in [2.75, 3.05) is 26.3 Å². The number of likely N-dealkylation sites (tertiary alicyclic amines) is 1. The van der Waals surface area contributed by atoms with E-state index in [9.17, 15) is 4.79 Å². The molecule has 0 aromatic heterocycles. The first kappa shape index (κ1) is 12.0. The summed E-state index contributed by atoms with van der Waals surface area (Å²) in [5.41, 5.74) is 0. The number of ether oxygens (including phenoxy) is 1. The predicted molar refractivity (Wildman–Crippen MR) is 60.3 cm³/mol. The number of Topliss-reactive ketones (excluding diaryl/α,β-unsaturated/α-hetero) is 1. The van der Waals surface area contributed by atoms with E-state index >= 15 is 0 Å². The van der Waals surface area contributed by atoms with Crippen molar-refractivity contribution >= 4 is 5.78 Å². The highest BCUT2D eigenvalue weighted by molar-refractivity contribution is 5.85. The molecule has 1 aliphatic carbocycles. The van der Waals surface area contributed by atoms with Crippen molar-refractivity contribution in [1.29, 1.82) is 0 Å². The molecule has 0 radical (unpaired) electrons. The summed E-state index contributed by atoms with van der Waals surface area (Å²) in [6, 6.07) is 0.193. The first-order valence-corrected chi connectivity index (χ1v) is 6.30. The van der Waals surface area contributed by atoms with Gasteiger partial charge in [0.15, 0.2) is 0 Å². The smallest absolute Gasteiger partial charge is 0.149 e. The molecule has 0 spiro atoms. The van der Waals surface area contributed by atoms with Crippen LogP contribution in [-0.2, 0) is 9.53 Å². The minimum Gasteiger partial charge on any atom is -0.394 e. The van der Waals surface area contributed by atoms with Gasteiger partial charge in [0.25, 0.3) is 0 Å². The number of aliphatic hydroxyl groups excluding tert-OH is 1. The fourth-order valence-corrected chi connectivity index (χ4v) is 2.76. The minimum absolute atomic E-state index is 0.0985. The Morgan fingerprint density at radius 1 is 1.31 bits per heavy atom. The van der Waals surface area contributed by atoms with E-state index in [1.165, 1.54) is 0 Å². The molecule has 1 saturated heterocycles. The maximum atomic E-state index is 11.6. The van der Waals surface area contributed by atoms with Crippen LogP contribution in [-0.4, -0.2) is 54.2 Å². The average Bonchev–Trinajstić information content (AvgIpc) is 2.74. The van der Waals surface area contributed by atoms with Gasteiger partial charge in [-0.05, 0) is 25.7 Å². The molecule has 1 heterocycles. The standard InChI is InChI=1S/C12H21NO3/c14-8-9-16-10-4-6-13(7-5-10)11-2-1-3-12(11)15/h10-11,14H,1-9H2. The van der Waals surface area contributed by atoms with Crippen LogP contribution in [0.2, 0.25) is 0 Å². The van der Waals surface area contributed by atoms with Crippen LogP contribution in [0.25, 0.3) is 0 Å². The summed E-state index contributed by atoms with van der Waals surface area (Å²) < 4.78 is 5.51. The molecule has 4 nitrogen and oxygen atoms in total. The zero-order valence-electron chi connectivity index (χ0n) is 9.73. The number of hydrogen-bond acceptors (Lipinski definition) is 4. The molecule has 0 amide bonds. The highest BCUT2D eigenvalue weighted by Crippen LogP contribution is 2.24. The number of carbonyl (C=O) groups is 1. The van der Waals surface area contributed by atoms with Gasteiger partial charge >= 0.3 is 0 Å². The molecule has 0 aromatic carbocycles. The molecule has 1 saturated carbocycles. The molecular formula is C12H21NO3. The molecule has 0 bridgehead atoms. The number of aliphatic hydroxyl groups is 1. The van der Waals surface area contributed by atoms with Crippen LogP contribution in [0.15, 0.2) is 0 Å². The second-order valence-corrected chi connectivity index (χ2v) is 4.70. The lowest BCUT2D eigenvalue weighted by molar-refractivity contribution is -0.123. The molecule has 4 heteroatoms. The Kier molecular flexibility index (Phi) is 4.32. The van der Waals surface area contributed by atoms with Gasteiger partial charge in [-0.2, -0.15) is 0 Å². The zero-order valence-corrected chi connectivity index (χ0v) is 9.73. The quantitative estimate of drug-likeness (QED) is 0.763. The van der Waals surface area contributed by atoms with E-state index in [1.807, 2.05) is 0 Å². The van der Waals surface area contributed by atoms with Crippen LogP contribution >= 0.6 is 0 Å². The summed E-state index contributed by atoms with van der Waals surface area (Å²) in [5.74, 6) is 0.426. The zero-order chi connectivity index (χ0) is 11.4. The van der Waals surface area contributed by atoms with E-state index in [1.54, 1.807) is 0 Å². The van der Waals surface area contributed by atoms with Gasteiger partial charge in [-0.25, -0.2) is 0 Å². The second kappa shape index (κ2) is 5.75. The Morgan fingerprint density at radius 2 is 2.06 bits per heavy atom. The summed E-state index contributed by atoms with van der Waals surface area (Å²) in [6.45, 7) is 2.47. The molecule has 1 aliphatic heterocycles. The largest absolute Gasteiger partial charge is 0.394 e. The number of nitrogens with zero attached hydrogens (tertiary/aromatic N) is 1. The van der Waals surface area contributed by atoms with Crippen molar-refractivity contribution in [2.45, 2.75) is 44.2 Å². The van der Waals surface area contributed by atoms with Crippen molar-refractivity contribution in [1.82, 2.24) is 4.90 Å². The van der Waals surface area contributed by atoms with Crippen LogP contribution in [0.1, 0.15) is 32.1 Å². The molecule has 1 unspecified atom stereocenters. The van der Waals surface area contributed by atoms with Gasteiger partial charge in [-0.3, -0.25) is 9.69 Å². The highest BCUT2D eigenvalue weighted by atomic mass is 16.5. The molecular weight excluding hydrogens is 206 g/mol. The van der Waals surface area contributed by atoms with Gasteiger partial charge < -0.3 is 9.84 Å². The van der Waals surface area contributed by atoms with E-state index in [2.05, 4.69) is 4.90 Å². The van der Waals surface area contributed by atoms with Crippen LogP contribution in [0, 0.1) is 0 Å². The predicted octanol–water partition coefficient (Wildman–Crippen LogP) is 0.581. The Labute approximate surface area is 96.6 Å². The monoisotopic (exact) mass is 227 g/mol. The molecule has 0 aromatic rings. The Morgan fingerprint density at radius 3 is 2.62 bits per heavy atom. The highest BCUT2D eigenvalue weighted by Gasteiger charge is 2.32. The minimum atomic E-state index is 0.0985. The number of ketones is 1. The fourth-order valence-electron chi connectivity index (χ4n) is 2.76. The number of rotatable bonds is 4. The summed E-state index contributed by atoms with van der Waals surface area (Å²) >= 11 is 0. The van der Waals surface area contributed by atoms with Gasteiger partial charge in [0.05, 0.1) is 25.4 Å². The molecule has 92 valence electrons. The lowest BCUT2D eigenvalue weighted by Gasteiger charge is -2.35. The van der Waals surface area contributed by atoms with Crippen LogP contribution in [0.3, 0.4) is 0 Å². The van der Waals surface area contributed by atoms with E-state index < -0.39 is 0 Å². The van der Waals surface area contributed by atoms with Gasteiger partial charge in [-0.1, -0.05) is 0 Å². The van der Waals surface area contributed by atoms with Gasteiger partial charge in [0.1, 0.15) is 5.78 Å². The van der Waals surface area contributed by atoms with Crippen LogP contribution in [0.5, 0.6) is 0 Å². The number of hydrogen-bond donors (Lipinski definition) is 1. The van der Waals surface area contributed by atoms with Crippen molar-refractivity contribution in [3.63, 3.8) is 0 Å². The summed E-state index contributed by atoms with van der Waals surface area (Å²) in [5, 5.41) is 8.68. The molecule has 2 rings (SSSR count). The molecule has 16 heavy (non-hydrogen) atoms. The molecule has 1 atom stereocenters. The Balaban J connectivity index is 1.74. The van der Waals surface area contributed by atoms with Gasteiger partial charge in [0.2, 0.25) is 0 Å². The third-order valence-electron chi connectivity index (χ3n) is 3.63. The summed E-state index contributed by atoms with van der Waals surface area (Å²) in [4.78, 5) is 13.9. The normalized spacial score (nSPS) is 28.8. The van der Waals surface area contributed by atoms with Gasteiger partial charge in [-0.15, -0.1) is 0 Å².